The van der Waals surface area contributed by atoms with Gasteiger partial charge in [0.1, 0.15) is 0 Å². The first-order chi connectivity index (χ1) is 9.24. The van der Waals surface area contributed by atoms with Crippen LogP contribution in [-0.2, 0) is 0 Å². The van der Waals surface area contributed by atoms with Crippen LogP contribution < -0.4 is 0 Å². The van der Waals surface area contributed by atoms with Gasteiger partial charge in [0.15, 0.2) is 0 Å². The Kier molecular flexibility index (Phi) is 5.58. The Morgan fingerprint density at radius 3 is 2.63 bits per heavy atom. The molecule has 0 aliphatic heterocycles. The SMILES string of the molecule is SC(C=CSc1cccc(Cl)c1)=Nc1ccccc1. The predicted octanol–water partition coefficient (Wildman–Crippen LogP) is 5.61. The minimum absolute atomic E-state index is 0.667. The van der Waals surface area contributed by atoms with Gasteiger partial charge in [-0.15, -0.1) is 12.6 Å². The Labute approximate surface area is 127 Å². The second-order valence-electron chi connectivity index (χ2n) is 3.68. The third-order valence-corrected chi connectivity index (χ3v) is 3.50. The monoisotopic (exact) mass is 305 g/mol. The van der Waals surface area contributed by atoms with E-state index in [1.54, 1.807) is 11.8 Å². The van der Waals surface area contributed by atoms with Crippen LogP contribution in [0.1, 0.15) is 0 Å². The minimum atomic E-state index is 0.667. The summed E-state index contributed by atoms with van der Waals surface area (Å²) in [6.07, 6.45) is 1.86. The number of nitrogens with zero attached hydrogens (tertiary/aromatic N) is 1. The average Bonchev–Trinajstić information content (AvgIpc) is 2.40. The molecule has 2 aromatic rings. The first-order valence-electron chi connectivity index (χ1n) is 5.65. The van der Waals surface area contributed by atoms with E-state index in [1.165, 1.54) is 0 Å². The lowest BCUT2D eigenvalue weighted by atomic mass is 10.3. The van der Waals surface area contributed by atoms with Crippen LogP contribution in [0.15, 0.2) is 76.0 Å². The molecule has 0 fully saturated rings. The summed E-state index contributed by atoms with van der Waals surface area (Å²) in [4.78, 5) is 5.45. The summed E-state index contributed by atoms with van der Waals surface area (Å²) in [7, 11) is 0. The average molecular weight is 306 g/mol. The largest absolute Gasteiger partial charge is 0.242 e. The molecular weight excluding hydrogens is 294 g/mol. The maximum absolute atomic E-state index is 5.92. The van der Waals surface area contributed by atoms with Crippen molar-refractivity contribution in [1.82, 2.24) is 0 Å². The predicted molar refractivity (Wildman–Crippen MR) is 89.0 cm³/mol. The van der Waals surface area contributed by atoms with Crippen LogP contribution in [0, 0.1) is 0 Å². The van der Waals surface area contributed by atoms with Gasteiger partial charge in [-0.25, -0.2) is 4.99 Å². The van der Waals surface area contributed by atoms with Crippen molar-refractivity contribution in [1.29, 1.82) is 0 Å². The fourth-order valence-corrected chi connectivity index (χ4v) is 2.64. The number of rotatable bonds is 4. The quantitative estimate of drug-likeness (QED) is 0.335. The summed E-state index contributed by atoms with van der Waals surface area (Å²) in [5.74, 6) is 0. The minimum Gasteiger partial charge on any atom is -0.242 e. The maximum Gasteiger partial charge on any atom is 0.0941 e. The van der Waals surface area contributed by atoms with Crippen LogP contribution in [0.5, 0.6) is 0 Å². The molecule has 4 heteroatoms. The molecule has 0 amide bonds. The topological polar surface area (TPSA) is 12.4 Å². The standard InChI is InChI=1S/C15H12ClNS2/c16-12-5-4-8-14(11-12)19-10-9-15(18)17-13-6-2-1-3-7-13/h1-11H,(H,17,18). The van der Waals surface area contributed by atoms with Gasteiger partial charge in [0.05, 0.1) is 10.7 Å². The van der Waals surface area contributed by atoms with Crippen LogP contribution in [0.2, 0.25) is 5.02 Å². The van der Waals surface area contributed by atoms with E-state index >= 15 is 0 Å². The Balaban J connectivity index is 1.97. The highest BCUT2D eigenvalue weighted by Gasteiger charge is 1.93. The molecule has 19 heavy (non-hydrogen) atoms. The Morgan fingerprint density at radius 1 is 1.11 bits per heavy atom. The van der Waals surface area contributed by atoms with E-state index in [9.17, 15) is 0 Å². The molecule has 0 saturated carbocycles. The highest BCUT2D eigenvalue weighted by atomic mass is 35.5. The second kappa shape index (κ2) is 7.43. The van der Waals surface area contributed by atoms with Crippen LogP contribution in [0.25, 0.3) is 0 Å². The molecule has 1 nitrogen and oxygen atoms in total. The molecule has 0 aromatic heterocycles. The van der Waals surface area contributed by atoms with Gasteiger partial charge in [-0.2, -0.15) is 0 Å². The maximum atomic E-state index is 5.92. The number of aliphatic imine (C=N–C) groups is 1. The van der Waals surface area contributed by atoms with Crippen molar-refractivity contribution >= 4 is 46.7 Å². The number of hydrogen-bond donors (Lipinski definition) is 1. The third kappa shape index (κ3) is 5.15. The zero-order valence-electron chi connectivity index (χ0n) is 10.0. The molecule has 0 bridgehead atoms. The van der Waals surface area contributed by atoms with Crippen molar-refractivity contribution in [2.45, 2.75) is 4.90 Å². The van der Waals surface area contributed by atoms with Crippen molar-refractivity contribution in [3.05, 3.63) is 71.1 Å². The lowest BCUT2D eigenvalue weighted by Crippen LogP contribution is -1.77. The van der Waals surface area contributed by atoms with Crippen molar-refractivity contribution in [2.75, 3.05) is 0 Å². The molecule has 0 atom stereocenters. The van der Waals surface area contributed by atoms with Gasteiger partial charge >= 0.3 is 0 Å². The fraction of sp³-hybridized carbons (Fsp3) is 0. The molecule has 2 rings (SSSR count). The Hall–Kier alpha value is -1.16. The summed E-state index contributed by atoms with van der Waals surface area (Å²) in [5.41, 5.74) is 0.893. The molecule has 0 aliphatic rings. The summed E-state index contributed by atoms with van der Waals surface area (Å²) in [6, 6.07) is 17.4. The number of thioether (sulfide) groups is 1. The number of hydrogen-bond acceptors (Lipinski definition) is 2. The van der Waals surface area contributed by atoms with E-state index < -0.39 is 0 Å². The van der Waals surface area contributed by atoms with Crippen LogP contribution in [0.4, 0.5) is 5.69 Å². The van der Waals surface area contributed by atoms with Gasteiger partial charge < -0.3 is 0 Å². The highest BCUT2D eigenvalue weighted by molar-refractivity contribution is 8.02. The van der Waals surface area contributed by atoms with Crippen molar-refractivity contribution in [2.24, 2.45) is 4.99 Å². The van der Waals surface area contributed by atoms with E-state index in [0.29, 0.717) is 5.04 Å². The number of halogens is 1. The second-order valence-corrected chi connectivity index (χ2v) is 5.56. The summed E-state index contributed by atoms with van der Waals surface area (Å²) in [5, 5.41) is 3.35. The smallest absolute Gasteiger partial charge is 0.0941 e. The molecule has 0 heterocycles. The molecule has 0 N–H and O–H groups in total. The summed E-state index contributed by atoms with van der Waals surface area (Å²) in [6.45, 7) is 0. The summed E-state index contributed by atoms with van der Waals surface area (Å²) < 4.78 is 0. The van der Waals surface area contributed by atoms with Gasteiger partial charge in [0.25, 0.3) is 0 Å². The summed E-state index contributed by atoms with van der Waals surface area (Å²) >= 11 is 11.8. The molecule has 96 valence electrons. The number of para-hydroxylation sites is 1. The highest BCUT2D eigenvalue weighted by Crippen LogP contribution is 2.22. The van der Waals surface area contributed by atoms with Gasteiger partial charge in [0, 0.05) is 9.92 Å². The van der Waals surface area contributed by atoms with Gasteiger partial charge in [-0.3, -0.25) is 0 Å². The molecular formula is C15H12ClNS2. The Bertz CT molecular complexity index is 594. The molecule has 0 saturated heterocycles. The molecule has 0 radical (unpaired) electrons. The molecule has 0 aliphatic carbocycles. The van der Waals surface area contributed by atoms with Crippen LogP contribution >= 0.6 is 36.0 Å². The molecule has 0 unspecified atom stereocenters. The van der Waals surface area contributed by atoms with E-state index in [-0.39, 0.29) is 0 Å². The van der Waals surface area contributed by atoms with Gasteiger partial charge in [-0.05, 0) is 41.8 Å². The van der Waals surface area contributed by atoms with E-state index in [0.717, 1.165) is 15.6 Å². The third-order valence-electron chi connectivity index (χ3n) is 2.22. The van der Waals surface area contributed by atoms with Gasteiger partial charge in [0.2, 0.25) is 0 Å². The zero-order chi connectivity index (χ0) is 13.5. The molecule has 2 aromatic carbocycles. The fourth-order valence-electron chi connectivity index (χ4n) is 1.39. The van der Waals surface area contributed by atoms with Crippen LogP contribution in [-0.4, -0.2) is 5.04 Å². The lowest BCUT2D eigenvalue weighted by molar-refractivity contribution is 1.47. The van der Waals surface area contributed by atoms with Crippen LogP contribution in [0.3, 0.4) is 0 Å². The normalized spacial score (nSPS) is 12.0. The van der Waals surface area contributed by atoms with Crippen molar-refractivity contribution in [3.63, 3.8) is 0 Å². The van der Waals surface area contributed by atoms with Crippen molar-refractivity contribution < 1.29 is 0 Å². The van der Waals surface area contributed by atoms with Crippen molar-refractivity contribution in [3.8, 4) is 0 Å². The van der Waals surface area contributed by atoms with Gasteiger partial charge in [-0.1, -0.05) is 47.6 Å². The van der Waals surface area contributed by atoms with E-state index in [1.807, 2.05) is 66.1 Å². The zero-order valence-corrected chi connectivity index (χ0v) is 12.5. The first kappa shape index (κ1) is 14.3. The first-order valence-corrected chi connectivity index (χ1v) is 7.36. The number of thiol groups is 1. The van der Waals surface area contributed by atoms with E-state index in [4.69, 9.17) is 11.6 Å². The molecule has 0 spiro atoms. The Morgan fingerprint density at radius 2 is 1.89 bits per heavy atom. The van der Waals surface area contributed by atoms with E-state index in [2.05, 4.69) is 17.6 Å². The number of benzene rings is 2. The lowest BCUT2D eigenvalue weighted by Gasteiger charge is -1.96.